The van der Waals surface area contributed by atoms with E-state index in [2.05, 4.69) is 17.5 Å². The minimum atomic E-state index is -0.840. The van der Waals surface area contributed by atoms with E-state index in [1.54, 1.807) is 13.0 Å². The maximum Gasteiger partial charge on any atom is 0.244 e. The molecule has 25 heavy (non-hydrogen) atoms. The second-order valence-corrected chi connectivity index (χ2v) is 6.05. The zero-order chi connectivity index (χ0) is 18.8. The van der Waals surface area contributed by atoms with Gasteiger partial charge in [0.1, 0.15) is 0 Å². The molecule has 138 valence electrons. The lowest BCUT2D eigenvalue weighted by atomic mass is 10.0. The van der Waals surface area contributed by atoms with Gasteiger partial charge >= 0.3 is 0 Å². The summed E-state index contributed by atoms with van der Waals surface area (Å²) in [6, 6.07) is 0. The maximum absolute atomic E-state index is 11.6. The highest BCUT2D eigenvalue weighted by Crippen LogP contribution is 2.09. The molecule has 0 fully saturated rings. The van der Waals surface area contributed by atoms with E-state index >= 15 is 0 Å². The molecule has 0 aliphatic carbocycles. The van der Waals surface area contributed by atoms with Crippen molar-refractivity contribution in [3.8, 4) is 0 Å². The molecule has 0 aromatic carbocycles. The summed E-state index contributed by atoms with van der Waals surface area (Å²) in [6.45, 7) is 6.00. The molecule has 0 aliphatic rings. The highest BCUT2D eigenvalue weighted by Gasteiger charge is 2.18. The number of hydrogen-bond donors (Lipinski definition) is 2. The highest BCUT2D eigenvalue weighted by molar-refractivity contribution is 5.87. The standard InChI is InChI=1S/C22H33NO2/c1-4-6-7-8-9-10-11-12-13-14-15-16-17-18-21(24)23-20-22(3,25)19-5-2/h4,6-10,13-18,25H,5,11-12,19-20H2,1-3H3,(H,23,24). The van der Waals surface area contributed by atoms with Gasteiger partial charge < -0.3 is 10.4 Å². The lowest BCUT2D eigenvalue weighted by Crippen LogP contribution is -2.39. The summed E-state index contributed by atoms with van der Waals surface area (Å²) in [4.78, 5) is 11.6. The molecule has 0 saturated heterocycles. The van der Waals surface area contributed by atoms with Crippen molar-refractivity contribution in [3.63, 3.8) is 0 Å². The first-order chi connectivity index (χ1) is 12.0. The van der Waals surface area contributed by atoms with Gasteiger partial charge in [0.15, 0.2) is 0 Å². The Hall–Kier alpha value is -2.13. The Kier molecular flexibility index (Phi) is 14.1. The monoisotopic (exact) mass is 343 g/mol. The van der Waals surface area contributed by atoms with Crippen LogP contribution in [0.15, 0.2) is 72.9 Å². The van der Waals surface area contributed by atoms with E-state index in [0.717, 1.165) is 19.3 Å². The molecule has 0 heterocycles. The van der Waals surface area contributed by atoms with E-state index in [9.17, 15) is 9.90 Å². The third-order valence-electron chi connectivity index (χ3n) is 3.31. The average molecular weight is 344 g/mol. The summed E-state index contributed by atoms with van der Waals surface area (Å²) in [7, 11) is 0. The Morgan fingerprint density at radius 3 is 2.08 bits per heavy atom. The number of rotatable bonds is 12. The molecule has 0 spiro atoms. The number of carbonyl (C=O) groups excluding carboxylic acids is 1. The zero-order valence-corrected chi connectivity index (χ0v) is 15.8. The van der Waals surface area contributed by atoms with Gasteiger partial charge in [-0.3, -0.25) is 4.79 Å². The van der Waals surface area contributed by atoms with Gasteiger partial charge in [-0.15, -0.1) is 0 Å². The first-order valence-corrected chi connectivity index (χ1v) is 8.96. The van der Waals surface area contributed by atoms with Crippen molar-refractivity contribution in [2.45, 2.75) is 52.1 Å². The van der Waals surface area contributed by atoms with E-state index in [4.69, 9.17) is 0 Å². The van der Waals surface area contributed by atoms with Crippen LogP contribution in [-0.2, 0) is 4.79 Å². The molecule has 1 amide bonds. The molecule has 0 radical (unpaired) electrons. The number of carbonyl (C=O) groups is 1. The molecule has 0 aliphatic heterocycles. The molecular formula is C22H33NO2. The molecule has 0 bridgehead atoms. The normalized spacial score (nSPS) is 15.5. The van der Waals surface area contributed by atoms with Crippen LogP contribution < -0.4 is 5.32 Å². The fourth-order valence-electron chi connectivity index (χ4n) is 2.02. The number of unbranched alkanes of at least 4 members (excludes halogenated alkanes) is 1. The van der Waals surface area contributed by atoms with Crippen LogP contribution in [0.5, 0.6) is 0 Å². The average Bonchev–Trinajstić information content (AvgIpc) is 2.57. The van der Waals surface area contributed by atoms with Crippen molar-refractivity contribution >= 4 is 5.91 Å². The Morgan fingerprint density at radius 2 is 1.52 bits per heavy atom. The number of nitrogens with one attached hydrogen (secondary N) is 1. The quantitative estimate of drug-likeness (QED) is 0.304. The van der Waals surface area contributed by atoms with E-state index < -0.39 is 5.60 Å². The third-order valence-corrected chi connectivity index (χ3v) is 3.31. The molecule has 1 unspecified atom stereocenters. The van der Waals surface area contributed by atoms with Gasteiger partial charge in [-0.2, -0.15) is 0 Å². The maximum atomic E-state index is 11.6. The first-order valence-electron chi connectivity index (χ1n) is 8.96. The fourth-order valence-corrected chi connectivity index (χ4v) is 2.02. The lowest BCUT2D eigenvalue weighted by molar-refractivity contribution is -0.117. The minimum absolute atomic E-state index is 0.193. The molecule has 0 saturated carbocycles. The van der Waals surface area contributed by atoms with Gasteiger partial charge in [0.05, 0.1) is 5.60 Å². The summed E-state index contributed by atoms with van der Waals surface area (Å²) >= 11 is 0. The van der Waals surface area contributed by atoms with Crippen LogP contribution in [0.4, 0.5) is 0 Å². The number of allylic oxidation sites excluding steroid dienone is 11. The predicted molar refractivity (Wildman–Crippen MR) is 108 cm³/mol. The van der Waals surface area contributed by atoms with Crippen LogP contribution in [0.25, 0.3) is 0 Å². The van der Waals surface area contributed by atoms with Crippen LogP contribution in [-0.4, -0.2) is 23.2 Å². The van der Waals surface area contributed by atoms with Crippen LogP contribution in [0.2, 0.25) is 0 Å². The molecule has 0 aromatic heterocycles. The van der Waals surface area contributed by atoms with Crippen molar-refractivity contribution < 1.29 is 9.90 Å². The number of amides is 1. The molecule has 2 N–H and O–H groups in total. The van der Waals surface area contributed by atoms with Gasteiger partial charge in [0, 0.05) is 12.6 Å². The van der Waals surface area contributed by atoms with Gasteiger partial charge in [0.25, 0.3) is 0 Å². The zero-order valence-electron chi connectivity index (χ0n) is 15.8. The SMILES string of the molecule is CC=CC=CC=CCCC=CC=CC=CC(=O)NCC(C)(O)CCC. The second kappa shape index (κ2) is 15.4. The van der Waals surface area contributed by atoms with E-state index in [0.29, 0.717) is 6.42 Å². The Labute approximate surface area is 153 Å². The van der Waals surface area contributed by atoms with Gasteiger partial charge in [-0.1, -0.05) is 80.2 Å². The second-order valence-electron chi connectivity index (χ2n) is 6.05. The molecule has 1 atom stereocenters. The Bertz CT molecular complexity index is 520. The van der Waals surface area contributed by atoms with Crippen LogP contribution >= 0.6 is 0 Å². The minimum Gasteiger partial charge on any atom is -0.388 e. The van der Waals surface area contributed by atoms with Crippen molar-refractivity contribution in [1.29, 1.82) is 0 Å². The largest absolute Gasteiger partial charge is 0.388 e. The summed E-state index contributed by atoms with van der Waals surface area (Å²) in [5.74, 6) is -0.193. The number of aliphatic hydroxyl groups is 1. The van der Waals surface area contributed by atoms with Gasteiger partial charge in [0.2, 0.25) is 5.91 Å². The molecule has 0 rings (SSSR count). The number of hydrogen-bond acceptors (Lipinski definition) is 2. The van der Waals surface area contributed by atoms with Crippen LogP contribution in [0.3, 0.4) is 0 Å². The molecule has 0 aromatic rings. The molecular weight excluding hydrogens is 310 g/mol. The van der Waals surface area contributed by atoms with Crippen molar-refractivity contribution in [2.75, 3.05) is 6.54 Å². The Balaban J connectivity index is 3.88. The smallest absolute Gasteiger partial charge is 0.244 e. The summed E-state index contributed by atoms with van der Waals surface area (Å²) in [5.41, 5.74) is -0.840. The lowest BCUT2D eigenvalue weighted by Gasteiger charge is -2.22. The van der Waals surface area contributed by atoms with E-state index in [-0.39, 0.29) is 12.5 Å². The van der Waals surface area contributed by atoms with Crippen LogP contribution in [0, 0.1) is 0 Å². The first kappa shape index (κ1) is 22.9. The van der Waals surface area contributed by atoms with E-state index in [1.807, 2.05) is 62.5 Å². The highest BCUT2D eigenvalue weighted by atomic mass is 16.3. The van der Waals surface area contributed by atoms with Crippen molar-refractivity contribution in [2.24, 2.45) is 0 Å². The predicted octanol–water partition coefficient (Wildman–Crippen LogP) is 4.79. The molecule has 3 heteroatoms. The molecule has 3 nitrogen and oxygen atoms in total. The van der Waals surface area contributed by atoms with E-state index in [1.165, 1.54) is 6.08 Å². The Morgan fingerprint density at radius 1 is 0.960 bits per heavy atom. The summed E-state index contributed by atoms with van der Waals surface area (Å²) in [5, 5.41) is 12.7. The third kappa shape index (κ3) is 16.5. The van der Waals surface area contributed by atoms with Gasteiger partial charge in [-0.05, 0) is 33.1 Å². The van der Waals surface area contributed by atoms with Crippen molar-refractivity contribution in [1.82, 2.24) is 5.32 Å². The van der Waals surface area contributed by atoms with Crippen molar-refractivity contribution in [3.05, 3.63) is 72.9 Å². The summed E-state index contributed by atoms with van der Waals surface area (Å²) < 4.78 is 0. The van der Waals surface area contributed by atoms with Gasteiger partial charge in [-0.25, -0.2) is 0 Å². The van der Waals surface area contributed by atoms with Crippen LogP contribution in [0.1, 0.15) is 46.5 Å². The fraction of sp³-hybridized carbons (Fsp3) is 0.409. The topological polar surface area (TPSA) is 49.3 Å². The summed E-state index contributed by atoms with van der Waals surface area (Å²) in [6.07, 6.45) is 26.6.